The van der Waals surface area contributed by atoms with E-state index in [1.807, 2.05) is 48.5 Å². The molecule has 2 rings (SSSR count). The summed E-state index contributed by atoms with van der Waals surface area (Å²) in [7, 11) is 0. The smallest absolute Gasteiger partial charge is 0.125 e. The standard InChI is InChI=1S/C15H17NO2/c16-9-12-5-1-2-7-14(12)11-18-15-8-4-3-6-13(15)10-17/h1-8,17H,9-11,16H2. The molecular weight excluding hydrogens is 226 g/mol. The molecule has 0 saturated carbocycles. The van der Waals surface area contributed by atoms with E-state index in [9.17, 15) is 5.11 Å². The quantitative estimate of drug-likeness (QED) is 0.846. The Morgan fingerprint density at radius 1 is 0.889 bits per heavy atom. The zero-order chi connectivity index (χ0) is 12.8. The van der Waals surface area contributed by atoms with E-state index in [2.05, 4.69) is 0 Å². The van der Waals surface area contributed by atoms with Crippen molar-refractivity contribution in [3.63, 3.8) is 0 Å². The molecule has 0 unspecified atom stereocenters. The monoisotopic (exact) mass is 243 g/mol. The van der Waals surface area contributed by atoms with Gasteiger partial charge in [0.25, 0.3) is 0 Å². The lowest BCUT2D eigenvalue weighted by atomic mass is 10.1. The van der Waals surface area contributed by atoms with Crippen LogP contribution in [-0.2, 0) is 19.8 Å². The molecule has 3 nitrogen and oxygen atoms in total. The fourth-order valence-corrected chi connectivity index (χ4v) is 1.83. The number of ether oxygens (including phenoxy) is 1. The van der Waals surface area contributed by atoms with E-state index in [0.29, 0.717) is 18.9 Å². The zero-order valence-corrected chi connectivity index (χ0v) is 10.2. The SMILES string of the molecule is NCc1ccccc1COc1ccccc1CO. The van der Waals surface area contributed by atoms with Crippen molar-refractivity contribution in [1.29, 1.82) is 0 Å². The lowest BCUT2D eigenvalue weighted by Gasteiger charge is -2.12. The van der Waals surface area contributed by atoms with Gasteiger partial charge in [0.15, 0.2) is 0 Å². The molecule has 0 fully saturated rings. The number of rotatable bonds is 5. The highest BCUT2D eigenvalue weighted by atomic mass is 16.5. The minimum Gasteiger partial charge on any atom is -0.489 e. The first-order chi connectivity index (χ1) is 8.85. The van der Waals surface area contributed by atoms with Crippen molar-refractivity contribution >= 4 is 0 Å². The highest BCUT2D eigenvalue weighted by molar-refractivity contribution is 5.33. The van der Waals surface area contributed by atoms with Gasteiger partial charge in [0.1, 0.15) is 12.4 Å². The van der Waals surface area contributed by atoms with Gasteiger partial charge >= 0.3 is 0 Å². The van der Waals surface area contributed by atoms with Crippen molar-refractivity contribution in [2.75, 3.05) is 0 Å². The van der Waals surface area contributed by atoms with Gasteiger partial charge in [-0.15, -0.1) is 0 Å². The van der Waals surface area contributed by atoms with Gasteiger partial charge in [-0.05, 0) is 17.2 Å². The normalized spacial score (nSPS) is 10.3. The largest absolute Gasteiger partial charge is 0.489 e. The summed E-state index contributed by atoms with van der Waals surface area (Å²) >= 11 is 0. The molecule has 3 heteroatoms. The Labute approximate surface area is 107 Å². The van der Waals surface area contributed by atoms with Crippen LogP contribution in [0.1, 0.15) is 16.7 Å². The highest BCUT2D eigenvalue weighted by Crippen LogP contribution is 2.20. The molecule has 0 heterocycles. The lowest BCUT2D eigenvalue weighted by Crippen LogP contribution is -2.05. The van der Waals surface area contributed by atoms with Crippen LogP contribution in [0.5, 0.6) is 5.75 Å². The number of para-hydroxylation sites is 1. The maximum absolute atomic E-state index is 9.22. The van der Waals surface area contributed by atoms with Gasteiger partial charge in [0.05, 0.1) is 6.61 Å². The van der Waals surface area contributed by atoms with E-state index >= 15 is 0 Å². The van der Waals surface area contributed by atoms with Crippen LogP contribution in [0.2, 0.25) is 0 Å². The Morgan fingerprint density at radius 3 is 2.17 bits per heavy atom. The number of aliphatic hydroxyl groups is 1. The van der Waals surface area contributed by atoms with Crippen molar-refractivity contribution in [2.24, 2.45) is 5.73 Å². The van der Waals surface area contributed by atoms with Crippen LogP contribution < -0.4 is 10.5 Å². The molecule has 0 amide bonds. The molecule has 0 atom stereocenters. The van der Waals surface area contributed by atoms with Crippen LogP contribution >= 0.6 is 0 Å². The predicted octanol–water partition coefficient (Wildman–Crippen LogP) is 2.22. The van der Waals surface area contributed by atoms with Crippen molar-refractivity contribution in [2.45, 2.75) is 19.8 Å². The molecule has 2 aromatic carbocycles. The van der Waals surface area contributed by atoms with Crippen LogP contribution in [-0.4, -0.2) is 5.11 Å². The minimum atomic E-state index is -0.0191. The maximum Gasteiger partial charge on any atom is 0.125 e. The summed E-state index contributed by atoms with van der Waals surface area (Å²) in [5, 5.41) is 9.22. The highest BCUT2D eigenvalue weighted by Gasteiger charge is 2.04. The average molecular weight is 243 g/mol. The Balaban J connectivity index is 2.11. The van der Waals surface area contributed by atoms with E-state index in [-0.39, 0.29) is 6.61 Å². The van der Waals surface area contributed by atoms with Crippen molar-refractivity contribution in [3.8, 4) is 5.75 Å². The Hall–Kier alpha value is -1.84. The van der Waals surface area contributed by atoms with Gasteiger partial charge in [-0.3, -0.25) is 0 Å². The zero-order valence-electron chi connectivity index (χ0n) is 10.2. The Kier molecular flexibility index (Phi) is 4.34. The van der Waals surface area contributed by atoms with E-state index in [0.717, 1.165) is 16.7 Å². The summed E-state index contributed by atoms with van der Waals surface area (Å²) in [6.07, 6.45) is 0. The van der Waals surface area contributed by atoms with Gasteiger partial charge in [-0.1, -0.05) is 42.5 Å². The molecule has 18 heavy (non-hydrogen) atoms. The molecule has 0 bridgehead atoms. The first-order valence-corrected chi connectivity index (χ1v) is 5.93. The minimum absolute atomic E-state index is 0.0191. The second kappa shape index (κ2) is 6.19. The number of hydrogen-bond acceptors (Lipinski definition) is 3. The van der Waals surface area contributed by atoms with Crippen LogP contribution in [0.4, 0.5) is 0 Å². The third-order valence-corrected chi connectivity index (χ3v) is 2.86. The van der Waals surface area contributed by atoms with E-state index in [4.69, 9.17) is 10.5 Å². The van der Waals surface area contributed by atoms with Crippen LogP contribution in [0.15, 0.2) is 48.5 Å². The van der Waals surface area contributed by atoms with Crippen molar-refractivity contribution in [1.82, 2.24) is 0 Å². The van der Waals surface area contributed by atoms with Gasteiger partial charge in [-0.2, -0.15) is 0 Å². The molecule has 3 N–H and O–H groups in total. The molecule has 2 aromatic rings. The third-order valence-electron chi connectivity index (χ3n) is 2.86. The maximum atomic E-state index is 9.22. The summed E-state index contributed by atoms with van der Waals surface area (Å²) in [4.78, 5) is 0. The first-order valence-electron chi connectivity index (χ1n) is 5.93. The van der Waals surface area contributed by atoms with E-state index in [1.165, 1.54) is 0 Å². The van der Waals surface area contributed by atoms with Gasteiger partial charge in [0, 0.05) is 12.1 Å². The van der Waals surface area contributed by atoms with Gasteiger partial charge < -0.3 is 15.6 Å². The van der Waals surface area contributed by atoms with E-state index in [1.54, 1.807) is 0 Å². The second-order valence-electron chi connectivity index (χ2n) is 4.03. The number of hydrogen-bond donors (Lipinski definition) is 2. The summed E-state index contributed by atoms with van der Waals surface area (Å²) in [5.74, 6) is 0.715. The summed E-state index contributed by atoms with van der Waals surface area (Å²) < 4.78 is 5.74. The van der Waals surface area contributed by atoms with Gasteiger partial charge in [0.2, 0.25) is 0 Å². The molecular formula is C15H17NO2. The fraction of sp³-hybridized carbons (Fsp3) is 0.200. The first kappa shape index (κ1) is 12.6. The Morgan fingerprint density at radius 2 is 1.50 bits per heavy atom. The molecule has 0 aliphatic carbocycles. The topological polar surface area (TPSA) is 55.5 Å². The molecule has 0 spiro atoms. The van der Waals surface area contributed by atoms with Crippen molar-refractivity contribution in [3.05, 3.63) is 65.2 Å². The number of aliphatic hydroxyl groups excluding tert-OH is 1. The lowest BCUT2D eigenvalue weighted by molar-refractivity contribution is 0.258. The van der Waals surface area contributed by atoms with Crippen molar-refractivity contribution < 1.29 is 9.84 Å². The van der Waals surface area contributed by atoms with Gasteiger partial charge in [-0.25, -0.2) is 0 Å². The molecule has 0 aromatic heterocycles. The summed E-state index contributed by atoms with van der Waals surface area (Å²) in [6, 6.07) is 15.4. The predicted molar refractivity (Wildman–Crippen MR) is 71.0 cm³/mol. The van der Waals surface area contributed by atoms with Crippen LogP contribution in [0, 0.1) is 0 Å². The molecule has 0 aliphatic rings. The Bertz CT molecular complexity index is 464. The van der Waals surface area contributed by atoms with Crippen LogP contribution in [0.3, 0.4) is 0 Å². The summed E-state index contributed by atoms with van der Waals surface area (Å²) in [6.45, 7) is 0.945. The average Bonchev–Trinajstić information content (AvgIpc) is 2.45. The van der Waals surface area contributed by atoms with E-state index < -0.39 is 0 Å². The molecule has 0 aliphatic heterocycles. The molecule has 0 radical (unpaired) electrons. The fourth-order valence-electron chi connectivity index (χ4n) is 1.83. The molecule has 94 valence electrons. The second-order valence-corrected chi connectivity index (χ2v) is 4.03. The third kappa shape index (κ3) is 2.88. The summed E-state index contributed by atoms with van der Waals surface area (Å²) in [5.41, 5.74) is 8.63. The molecule has 0 saturated heterocycles. The van der Waals surface area contributed by atoms with Crippen LogP contribution in [0.25, 0.3) is 0 Å². The number of benzene rings is 2. The number of nitrogens with two attached hydrogens (primary N) is 1.